The van der Waals surface area contributed by atoms with Crippen LogP contribution in [0.1, 0.15) is 10.6 Å². The number of benzene rings is 2. The van der Waals surface area contributed by atoms with E-state index in [1.54, 1.807) is 17.4 Å². The number of hydrogen-bond acceptors (Lipinski definition) is 3. The Kier molecular flexibility index (Phi) is 4.56. The highest BCUT2D eigenvalue weighted by Gasteiger charge is 2.08. The average molecular weight is 328 g/mol. The van der Waals surface area contributed by atoms with Crippen LogP contribution in [0.2, 0.25) is 5.02 Å². The Morgan fingerprint density at radius 2 is 2.05 bits per heavy atom. The van der Waals surface area contributed by atoms with Gasteiger partial charge in [0.25, 0.3) is 0 Å². The molecule has 0 amide bonds. The van der Waals surface area contributed by atoms with Gasteiger partial charge in [0.1, 0.15) is 17.4 Å². The van der Waals surface area contributed by atoms with E-state index in [9.17, 15) is 0 Å². The molecule has 0 aliphatic carbocycles. The predicted molar refractivity (Wildman–Crippen MR) is 93.4 cm³/mol. The van der Waals surface area contributed by atoms with Gasteiger partial charge in [-0.3, -0.25) is 0 Å². The summed E-state index contributed by atoms with van der Waals surface area (Å²) in [6.45, 7) is 4.20. The molecule has 0 saturated carbocycles. The Morgan fingerprint density at radius 1 is 1.18 bits per heavy atom. The molecule has 0 spiro atoms. The van der Waals surface area contributed by atoms with E-state index in [-0.39, 0.29) is 0 Å². The van der Waals surface area contributed by atoms with Crippen LogP contribution in [-0.2, 0) is 6.61 Å². The molecule has 1 heterocycles. The van der Waals surface area contributed by atoms with Crippen LogP contribution in [0.15, 0.2) is 60.5 Å². The Balaban J connectivity index is 1.72. The second kappa shape index (κ2) is 6.77. The molecular formula is C18H14ClNOS. The van der Waals surface area contributed by atoms with Gasteiger partial charge in [0.2, 0.25) is 0 Å². The molecule has 0 unspecified atom stereocenters. The molecule has 0 saturated heterocycles. The van der Waals surface area contributed by atoms with Crippen molar-refractivity contribution in [3.63, 3.8) is 0 Å². The third kappa shape index (κ3) is 3.38. The van der Waals surface area contributed by atoms with Crippen LogP contribution >= 0.6 is 22.9 Å². The van der Waals surface area contributed by atoms with Gasteiger partial charge in [0.15, 0.2) is 0 Å². The van der Waals surface area contributed by atoms with Crippen molar-refractivity contribution in [2.75, 3.05) is 0 Å². The number of thiazole rings is 1. The highest BCUT2D eigenvalue weighted by Crippen LogP contribution is 2.29. The van der Waals surface area contributed by atoms with Crippen molar-refractivity contribution in [3.05, 3.63) is 76.1 Å². The molecule has 110 valence electrons. The van der Waals surface area contributed by atoms with Gasteiger partial charge in [0.05, 0.1) is 5.69 Å². The number of rotatable bonds is 5. The summed E-state index contributed by atoms with van der Waals surface area (Å²) in [7, 11) is 0. The largest absolute Gasteiger partial charge is 0.486 e. The van der Waals surface area contributed by atoms with Gasteiger partial charge in [-0.2, -0.15) is 0 Å². The maximum absolute atomic E-state index is 6.20. The summed E-state index contributed by atoms with van der Waals surface area (Å²) in [4.78, 5) is 4.59. The lowest BCUT2D eigenvalue weighted by Gasteiger charge is -2.04. The van der Waals surface area contributed by atoms with Gasteiger partial charge in [-0.1, -0.05) is 54.6 Å². The van der Waals surface area contributed by atoms with Gasteiger partial charge in [0, 0.05) is 16.0 Å². The van der Waals surface area contributed by atoms with E-state index in [0.717, 1.165) is 27.6 Å². The standard InChI is InChI=1S/C18H14ClNOS/c1-2-13-6-5-7-14(10-13)21-11-18-20-17(12-22-18)15-8-3-4-9-16(15)19/h2-10,12H,1,11H2. The normalized spacial score (nSPS) is 10.4. The van der Waals surface area contributed by atoms with Gasteiger partial charge in [-0.15, -0.1) is 11.3 Å². The zero-order valence-corrected chi connectivity index (χ0v) is 13.4. The van der Waals surface area contributed by atoms with Gasteiger partial charge in [-0.05, 0) is 23.8 Å². The zero-order chi connectivity index (χ0) is 15.4. The highest BCUT2D eigenvalue weighted by atomic mass is 35.5. The van der Waals surface area contributed by atoms with E-state index in [4.69, 9.17) is 16.3 Å². The number of hydrogen-bond donors (Lipinski definition) is 0. The molecule has 2 aromatic carbocycles. The summed E-state index contributed by atoms with van der Waals surface area (Å²) in [5.41, 5.74) is 2.86. The summed E-state index contributed by atoms with van der Waals surface area (Å²) >= 11 is 7.77. The van der Waals surface area contributed by atoms with Crippen molar-refractivity contribution in [2.45, 2.75) is 6.61 Å². The topological polar surface area (TPSA) is 22.1 Å². The van der Waals surface area contributed by atoms with Crippen LogP contribution < -0.4 is 4.74 Å². The summed E-state index contributed by atoms with van der Waals surface area (Å²) in [6, 6.07) is 15.5. The van der Waals surface area contributed by atoms with Crippen molar-refractivity contribution < 1.29 is 4.74 Å². The predicted octanol–water partition coefficient (Wildman–Crippen LogP) is 5.69. The van der Waals surface area contributed by atoms with Gasteiger partial charge in [-0.25, -0.2) is 4.98 Å². The van der Waals surface area contributed by atoms with Crippen molar-refractivity contribution >= 4 is 29.0 Å². The Morgan fingerprint density at radius 3 is 2.86 bits per heavy atom. The first-order valence-corrected chi connectivity index (χ1v) is 8.06. The van der Waals surface area contributed by atoms with Crippen LogP contribution in [0.4, 0.5) is 0 Å². The van der Waals surface area contributed by atoms with Crippen molar-refractivity contribution in [1.82, 2.24) is 4.98 Å². The molecule has 0 fully saturated rings. The molecule has 3 rings (SSSR count). The number of ether oxygens (including phenoxy) is 1. The van der Waals surface area contributed by atoms with Crippen LogP contribution in [0.3, 0.4) is 0 Å². The maximum Gasteiger partial charge on any atom is 0.140 e. The molecule has 0 N–H and O–H groups in total. The van der Waals surface area contributed by atoms with E-state index in [1.165, 1.54) is 0 Å². The van der Waals surface area contributed by atoms with Crippen LogP contribution in [0.25, 0.3) is 17.3 Å². The number of halogens is 1. The minimum Gasteiger partial charge on any atom is -0.486 e. The monoisotopic (exact) mass is 327 g/mol. The molecule has 0 bridgehead atoms. The van der Waals surface area contributed by atoms with E-state index in [1.807, 2.05) is 53.9 Å². The first kappa shape index (κ1) is 14.8. The Hall–Kier alpha value is -2.10. The van der Waals surface area contributed by atoms with Crippen LogP contribution in [0, 0.1) is 0 Å². The quantitative estimate of drug-likeness (QED) is 0.601. The fourth-order valence-corrected chi connectivity index (χ4v) is 2.98. The summed E-state index contributed by atoms with van der Waals surface area (Å²) in [5, 5.41) is 3.62. The number of aromatic nitrogens is 1. The van der Waals surface area contributed by atoms with Crippen LogP contribution in [-0.4, -0.2) is 4.98 Å². The Bertz CT molecular complexity index is 797. The van der Waals surface area contributed by atoms with Gasteiger partial charge >= 0.3 is 0 Å². The van der Waals surface area contributed by atoms with E-state index in [2.05, 4.69) is 11.6 Å². The SMILES string of the molecule is C=Cc1cccc(OCc2nc(-c3ccccc3Cl)cs2)c1. The molecule has 0 aliphatic heterocycles. The van der Waals surface area contributed by atoms with Crippen molar-refractivity contribution in [1.29, 1.82) is 0 Å². The molecular weight excluding hydrogens is 314 g/mol. The lowest BCUT2D eigenvalue weighted by molar-refractivity contribution is 0.305. The molecule has 0 atom stereocenters. The van der Waals surface area contributed by atoms with E-state index < -0.39 is 0 Å². The average Bonchev–Trinajstić information content (AvgIpc) is 3.02. The molecule has 1 aromatic heterocycles. The third-order valence-electron chi connectivity index (χ3n) is 3.16. The lowest BCUT2D eigenvalue weighted by atomic mass is 10.2. The van der Waals surface area contributed by atoms with Crippen molar-refractivity contribution in [3.8, 4) is 17.0 Å². The van der Waals surface area contributed by atoms with E-state index >= 15 is 0 Å². The molecule has 0 radical (unpaired) electrons. The first-order chi connectivity index (χ1) is 10.8. The summed E-state index contributed by atoms with van der Waals surface area (Å²) < 4.78 is 5.78. The maximum atomic E-state index is 6.20. The second-order valence-electron chi connectivity index (χ2n) is 4.67. The lowest BCUT2D eigenvalue weighted by Crippen LogP contribution is -1.95. The summed E-state index contributed by atoms with van der Waals surface area (Å²) in [5.74, 6) is 0.812. The molecule has 3 aromatic rings. The highest BCUT2D eigenvalue weighted by molar-refractivity contribution is 7.09. The smallest absolute Gasteiger partial charge is 0.140 e. The second-order valence-corrected chi connectivity index (χ2v) is 6.02. The third-order valence-corrected chi connectivity index (χ3v) is 4.31. The van der Waals surface area contributed by atoms with Crippen LogP contribution in [0.5, 0.6) is 5.75 Å². The fourth-order valence-electron chi connectivity index (χ4n) is 2.05. The summed E-state index contributed by atoms with van der Waals surface area (Å²) in [6.07, 6.45) is 1.80. The minimum atomic E-state index is 0.440. The first-order valence-electron chi connectivity index (χ1n) is 6.81. The number of nitrogens with zero attached hydrogens (tertiary/aromatic N) is 1. The molecule has 4 heteroatoms. The molecule has 0 aliphatic rings. The Labute approximate surface area is 138 Å². The van der Waals surface area contributed by atoms with E-state index in [0.29, 0.717) is 11.6 Å². The van der Waals surface area contributed by atoms with Gasteiger partial charge < -0.3 is 4.74 Å². The van der Waals surface area contributed by atoms with Crippen molar-refractivity contribution in [2.24, 2.45) is 0 Å². The zero-order valence-electron chi connectivity index (χ0n) is 11.8. The fraction of sp³-hybridized carbons (Fsp3) is 0.0556. The minimum absolute atomic E-state index is 0.440. The molecule has 2 nitrogen and oxygen atoms in total. The molecule has 22 heavy (non-hydrogen) atoms.